The first-order valence-electron chi connectivity index (χ1n) is 0.428. The van der Waals surface area contributed by atoms with Crippen LogP contribution in [0.5, 0.6) is 0 Å². The molecule has 56 valence electrons. The minimum Gasteiger partial charge on any atom is -0.696 e. The molecule has 0 atom stereocenters. The van der Waals surface area contributed by atoms with Crippen molar-refractivity contribution in [2.24, 2.45) is 0 Å². The van der Waals surface area contributed by atoms with Crippen molar-refractivity contribution in [3.8, 4) is 5.40 Å². The van der Waals surface area contributed by atoms with Gasteiger partial charge in [-0.3, -0.25) is 0 Å². The second-order valence-corrected chi connectivity index (χ2v) is 0.274. The molecule has 8 heteroatoms. The summed E-state index contributed by atoms with van der Waals surface area (Å²) in [5.74, 6) is 0. The number of nitrogens with zero attached hydrogens (tertiary/aromatic N) is 1. The van der Waals surface area contributed by atoms with E-state index in [2.05, 4.69) is 12.6 Å². The Morgan fingerprint density at radius 2 is 0.889 bits per heavy atom. The van der Waals surface area contributed by atoms with E-state index >= 15 is 0 Å². The van der Waals surface area contributed by atoms with Crippen LogP contribution in [-0.4, -0.2) is 27.4 Å². The molecule has 0 aromatic carbocycles. The van der Waals surface area contributed by atoms with Gasteiger partial charge in [-0.25, -0.2) is 5.26 Å². The molecule has 0 spiro atoms. The maximum absolute atomic E-state index is 7.13. The summed E-state index contributed by atoms with van der Waals surface area (Å²) >= 11 is 3.70. The van der Waals surface area contributed by atoms with Crippen LogP contribution in [0.3, 0.4) is 0 Å². The summed E-state index contributed by atoms with van der Waals surface area (Å²) in [6.07, 6.45) is 0. The second kappa shape index (κ2) is 132. The largest absolute Gasteiger partial charge is 1.00 e. The quantitative estimate of drug-likeness (QED) is 0.207. The Morgan fingerprint density at radius 1 is 0.889 bits per heavy atom. The minimum atomic E-state index is 0. The summed E-state index contributed by atoms with van der Waals surface area (Å²) < 4.78 is 0. The Balaban J connectivity index is -0.00000000133. The van der Waals surface area contributed by atoms with Crippen LogP contribution in [0.2, 0.25) is 0 Å². The van der Waals surface area contributed by atoms with Gasteiger partial charge >= 0.3 is 51.4 Å². The molecule has 0 rings (SSSR count). The molecule has 0 unspecified atom stereocenters. The van der Waals surface area contributed by atoms with Crippen LogP contribution in [0.4, 0.5) is 0 Å². The number of thiocyanates is 1. The van der Waals surface area contributed by atoms with Gasteiger partial charge in [0, 0.05) is 0 Å². The summed E-state index contributed by atoms with van der Waals surface area (Å²) in [5.41, 5.74) is 0. The third kappa shape index (κ3) is 355. The Labute approximate surface area is 101 Å². The monoisotopic (exact) mass is 187 g/mol. The SMILES string of the molecule is N#C[S-].O.O.O.O.O.[K+]. The Morgan fingerprint density at radius 3 is 0.889 bits per heavy atom. The van der Waals surface area contributed by atoms with E-state index < -0.39 is 0 Å². The minimum absolute atomic E-state index is 0. The van der Waals surface area contributed by atoms with E-state index in [-0.39, 0.29) is 78.8 Å². The van der Waals surface area contributed by atoms with E-state index in [0.717, 1.165) is 0 Å². The molecule has 0 fully saturated rings. The number of rotatable bonds is 0. The molecule has 0 aliphatic carbocycles. The van der Waals surface area contributed by atoms with Crippen molar-refractivity contribution in [2.75, 3.05) is 0 Å². The van der Waals surface area contributed by atoms with E-state index in [0.29, 0.717) is 0 Å². The summed E-state index contributed by atoms with van der Waals surface area (Å²) in [5, 5.41) is 8.47. The third-order valence-corrected chi connectivity index (χ3v) is 0. The molecule has 0 saturated heterocycles. The molecule has 0 aliphatic heterocycles. The van der Waals surface area contributed by atoms with Crippen LogP contribution in [0.25, 0.3) is 0 Å². The summed E-state index contributed by atoms with van der Waals surface area (Å²) in [6.45, 7) is 0. The van der Waals surface area contributed by atoms with Crippen molar-refractivity contribution in [3.05, 3.63) is 0 Å². The van der Waals surface area contributed by atoms with Crippen LogP contribution >= 0.6 is 0 Å². The van der Waals surface area contributed by atoms with Gasteiger partial charge in [0.1, 0.15) is 0 Å². The van der Waals surface area contributed by atoms with Crippen molar-refractivity contribution in [3.63, 3.8) is 0 Å². The predicted molar refractivity (Wildman–Crippen MR) is 31.0 cm³/mol. The van der Waals surface area contributed by atoms with Gasteiger partial charge in [-0.1, -0.05) is 5.40 Å². The fourth-order valence-electron chi connectivity index (χ4n) is 0. The van der Waals surface area contributed by atoms with E-state index in [1.807, 2.05) is 0 Å². The van der Waals surface area contributed by atoms with Gasteiger partial charge in [-0.2, -0.15) is 0 Å². The molecule has 10 N–H and O–H groups in total. The number of hydrogen-bond donors (Lipinski definition) is 0. The summed E-state index contributed by atoms with van der Waals surface area (Å²) in [6, 6.07) is 0. The van der Waals surface area contributed by atoms with Crippen molar-refractivity contribution < 1.29 is 78.8 Å². The first-order chi connectivity index (χ1) is 1.41. The molecule has 0 aromatic rings. The van der Waals surface area contributed by atoms with Gasteiger partial charge in [0.2, 0.25) is 0 Å². The van der Waals surface area contributed by atoms with Crippen molar-refractivity contribution in [1.29, 1.82) is 5.26 Å². The average molecular weight is 187 g/mol. The van der Waals surface area contributed by atoms with E-state index in [1.54, 1.807) is 0 Å². The number of nitriles is 1. The summed E-state index contributed by atoms with van der Waals surface area (Å²) in [4.78, 5) is 0. The zero-order valence-electron chi connectivity index (χ0n) is 4.86. The molecular formula is CH10KNO5S. The van der Waals surface area contributed by atoms with Crippen LogP contribution in [0.1, 0.15) is 0 Å². The van der Waals surface area contributed by atoms with E-state index in [9.17, 15) is 0 Å². The molecule has 0 radical (unpaired) electrons. The molecule has 0 aromatic heterocycles. The molecule has 0 bridgehead atoms. The normalized spacial score (nSPS) is 0.778. The fraction of sp³-hybridized carbons (Fsp3) is 0. The Bertz CT molecular complexity index is 38.4. The molecule has 0 aliphatic rings. The Kier molecular flexibility index (Phi) is 1260. The van der Waals surface area contributed by atoms with Gasteiger partial charge in [-0.05, 0) is 0 Å². The first-order valence-corrected chi connectivity index (χ1v) is 0.836. The molecular weight excluding hydrogens is 177 g/mol. The van der Waals surface area contributed by atoms with Gasteiger partial charge < -0.3 is 40.0 Å². The van der Waals surface area contributed by atoms with Crippen molar-refractivity contribution >= 4 is 12.6 Å². The topological polar surface area (TPSA) is 181 Å². The maximum Gasteiger partial charge on any atom is 1.00 e. The average Bonchev–Trinajstić information content (AvgIpc) is 0.918. The fourth-order valence-corrected chi connectivity index (χ4v) is 0. The van der Waals surface area contributed by atoms with E-state index in [1.165, 1.54) is 5.40 Å². The van der Waals surface area contributed by atoms with Gasteiger partial charge in [0.15, 0.2) is 0 Å². The van der Waals surface area contributed by atoms with E-state index in [4.69, 9.17) is 5.26 Å². The van der Waals surface area contributed by atoms with Gasteiger partial charge in [-0.15, -0.1) is 0 Å². The zero-order valence-corrected chi connectivity index (χ0v) is 8.80. The first kappa shape index (κ1) is 85.7. The van der Waals surface area contributed by atoms with Crippen LogP contribution in [0.15, 0.2) is 0 Å². The molecule has 0 heterocycles. The van der Waals surface area contributed by atoms with Crippen LogP contribution < -0.4 is 51.4 Å². The smallest absolute Gasteiger partial charge is 0.696 e. The third-order valence-electron chi connectivity index (χ3n) is 0. The molecule has 0 amide bonds. The molecule has 6 nitrogen and oxygen atoms in total. The van der Waals surface area contributed by atoms with Gasteiger partial charge in [0.25, 0.3) is 0 Å². The predicted octanol–water partition coefficient (Wildman–Crippen LogP) is -7.11. The van der Waals surface area contributed by atoms with Crippen LogP contribution in [0, 0.1) is 10.7 Å². The second-order valence-electron chi connectivity index (χ2n) is 0.0913. The Hall–Kier alpha value is 1.15. The maximum atomic E-state index is 7.13. The molecule has 0 saturated carbocycles. The summed E-state index contributed by atoms with van der Waals surface area (Å²) in [7, 11) is 0. The van der Waals surface area contributed by atoms with Crippen molar-refractivity contribution in [2.45, 2.75) is 0 Å². The van der Waals surface area contributed by atoms with Gasteiger partial charge in [0.05, 0.1) is 0 Å². The number of hydrogen-bond acceptors (Lipinski definition) is 2. The zero-order chi connectivity index (χ0) is 2.71. The van der Waals surface area contributed by atoms with Crippen molar-refractivity contribution in [1.82, 2.24) is 0 Å². The van der Waals surface area contributed by atoms with Crippen LogP contribution in [-0.2, 0) is 12.6 Å². The standard InChI is InChI=1S/CHNS.K.5H2O/c2-1-3;;;;;;/h3H;;5*1H2/q;+1;;;;;/p-1. The molecule has 9 heavy (non-hydrogen) atoms.